The molecule has 0 spiro atoms. The van der Waals surface area contributed by atoms with Crippen molar-refractivity contribution in [3.8, 4) is 0 Å². The summed E-state index contributed by atoms with van der Waals surface area (Å²) in [6.45, 7) is 10.3. The van der Waals surface area contributed by atoms with E-state index in [0.717, 1.165) is 30.4 Å². The molecule has 116 valence electrons. The Kier molecular flexibility index (Phi) is 5.59. The summed E-state index contributed by atoms with van der Waals surface area (Å²) >= 11 is 0. The van der Waals surface area contributed by atoms with Gasteiger partial charge in [-0.3, -0.25) is 0 Å². The van der Waals surface area contributed by atoms with Gasteiger partial charge in [-0.2, -0.15) is 0 Å². The van der Waals surface area contributed by atoms with Crippen LogP contribution in [-0.2, 0) is 0 Å². The second-order valence-electron chi connectivity index (χ2n) is 5.43. The van der Waals surface area contributed by atoms with E-state index in [4.69, 9.17) is 4.99 Å². The smallest absolute Gasteiger partial charge is 0.203 e. The lowest BCUT2D eigenvalue weighted by atomic mass is 10.2. The lowest BCUT2D eigenvalue weighted by Gasteiger charge is -2.24. The lowest BCUT2D eigenvalue weighted by molar-refractivity contribution is 0.464. The number of benzene rings is 2. The van der Waals surface area contributed by atoms with Gasteiger partial charge in [-0.05, 0) is 52.0 Å². The van der Waals surface area contributed by atoms with Crippen LogP contribution in [0.25, 0.3) is 0 Å². The van der Waals surface area contributed by atoms with Gasteiger partial charge in [0.1, 0.15) is 0 Å². The molecule has 3 heteroatoms. The standard InChI is InChI=1S/C19H25N3/c1-5-22(6-2)19(20-17-11-7-15(3)8-12-17)21-18-13-9-16(4)10-14-18/h7-14H,5-6H2,1-4H3,(H,20,21). The van der Waals surface area contributed by atoms with Crippen molar-refractivity contribution in [3.05, 3.63) is 59.7 Å². The Morgan fingerprint density at radius 2 is 1.36 bits per heavy atom. The predicted octanol–water partition coefficient (Wildman–Crippen LogP) is 4.74. The number of hydrogen-bond acceptors (Lipinski definition) is 1. The average molecular weight is 295 g/mol. The van der Waals surface area contributed by atoms with Crippen molar-refractivity contribution in [1.82, 2.24) is 4.90 Å². The summed E-state index contributed by atoms with van der Waals surface area (Å²) in [5, 5.41) is 3.45. The first kappa shape index (κ1) is 16.1. The normalized spacial score (nSPS) is 11.4. The Morgan fingerprint density at radius 1 is 0.864 bits per heavy atom. The second-order valence-corrected chi connectivity index (χ2v) is 5.43. The molecule has 0 aliphatic rings. The van der Waals surface area contributed by atoms with Gasteiger partial charge in [-0.1, -0.05) is 35.4 Å². The molecule has 0 aliphatic carbocycles. The number of nitrogens with one attached hydrogen (secondary N) is 1. The number of hydrogen-bond donors (Lipinski definition) is 1. The minimum Gasteiger partial charge on any atom is -0.343 e. The van der Waals surface area contributed by atoms with Crippen molar-refractivity contribution in [3.63, 3.8) is 0 Å². The third kappa shape index (κ3) is 4.35. The Balaban J connectivity index is 2.29. The van der Waals surface area contributed by atoms with Crippen LogP contribution in [0.4, 0.5) is 11.4 Å². The third-order valence-corrected chi connectivity index (χ3v) is 3.64. The zero-order valence-electron chi connectivity index (χ0n) is 13.9. The Labute approximate surface area is 133 Å². The number of nitrogens with zero attached hydrogens (tertiary/aromatic N) is 2. The Morgan fingerprint density at radius 3 is 1.86 bits per heavy atom. The monoisotopic (exact) mass is 295 g/mol. The van der Waals surface area contributed by atoms with Crippen LogP contribution < -0.4 is 5.32 Å². The molecule has 0 aliphatic heterocycles. The van der Waals surface area contributed by atoms with Gasteiger partial charge in [0.05, 0.1) is 5.69 Å². The molecule has 0 unspecified atom stereocenters. The van der Waals surface area contributed by atoms with Crippen LogP contribution in [0.5, 0.6) is 0 Å². The maximum Gasteiger partial charge on any atom is 0.203 e. The molecule has 22 heavy (non-hydrogen) atoms. The molecule has 0 radical (unpaired) electrons. The highest BCUT2D eigenvalue weighted by atomic mass is 15.3. The van der Waals surface area contributed by atoms with Crippen molar-refractivity contribution in [2.24, 2.45) is 4.99 Å². The number of rotatable bonds is 4. The average Bonchev–Trinajstić information content (AvgIpc) is 2.53. The van der Waals surface area contributed by atoms with Gasteiger partial charge in [0.2, 0.25) is 5.96 Å². The maximum atomic E-state index is 4.79. The highest BCUT2D eigenvalue weighted by Crippen LogP contribution is 2.16. The van der Waals surface area contributed by atoms with Crippen LogP contribution in [0.15, 0.2) is 53.5 Å². The molecule has 0 atom stereocenters. The van der Waals surface area contributed by atoms with Gasteiger partial charge in [0.25, 0.3) is 0 Å². The van der Waals surface area contributed by atoms with E-state index in [2.05, 4.69) is 86.4 Å². The van der Waals surface area contributed by atoms with Crippen molar-refractivity contribution in [2.45, 2.75) is 27.7 Å². The van der Waals surface area contributed by atoms with E-state index in [1.54, 1.807) is 0 Å². The maximum absolute atomic E-state index is 4.79. The highest BCUT2D eigenvalue weighted by molar-refractivity contribution is 5.95. The minimum absolute atomic E-state index is 0.887. The lowest BCUT2D eigenvalue weighted by Crippen LogP contribution is -2.36. The first-order valence-electron chi connectivity index (χ1n) is 7.86. The van der Waals surface area contributed by atoms with Crippen molar-refractivity contribution >= 4 is 17.3 Å². The topological polar surface area (TPSA) is 27.6 Å². The number of anilines is 1. The molecule has 0 heterocycles. The van der Waals surface area contributed by atoms with E-state index in [0.29, 0.717) is 0 Å². The molecule has 0 amide bonds. The molecular weight excluding hydrogens is 270 g/mol. The molecule has 2 aromatic rings. The molecule has 0 saturated carbocycles. The van der Waals surface area contributed by atoms with E-state index in [9.17, 15) is 0 Å². The predicted molar refractivity (Wildman–Crippen MR) is 96.0 cm³/mol. The molecule has 0 fully saturated rings. The van der Waals surface area contributed by atoms with Crippen LogP contribution in [0.2, 0.25) is 0 Å². The molecular formula is C19H25N3. The van der Waals surface area contributed by atoms with Gasteiger partial charge in [0.15, 0.2) is 0 Å². The fourth-order valence-corrected chi connectivity index (χ4v) is 2.21. The van der Waals surface area contributed by atoms with E-state index in [-0.39, 0.29) is 0 Å². The quantitative estimate of drug-likeness (QED) is 0.651. The largest absolute Gasteiger partial charge is 0.343 e. The van der Waals surface area contributed by atoms with Crippen LogP contribution in [0, 0.1) is 13.8 Å². The van der Waals surface area contributed by atoms with E-state index in [1.807, 2.05) is 0 Å². The fourth-order valence-electron chi connectivity index (χ4n) is 2.21. The van der Waals surface area contributed by atoms with E-state index < -0.39 is 0 Å². The number of guanidine groups is 1. The van der Waals surface area contributed by atoms with Crippen molar-refractivity contribution in [2.75, 3.05) is 18.4 Å². The summed E-state index contributed by atoms with van der Waals surface area (Å²) < 4.78 is 0. The van der Waals surface area contributed by atoms with Crippen LogP contribution in [0.3, 0.4) is 0 Å². The summed E-state index contributed by atoms with van der Waals surface area (Å²) in [6, 6.07) is 16.7. The number of aliphatic imine (C=N–C) groups is 1. The summed E-state index contributed by atoms with van der Waals surface area (Å²) in [7, 11) is 0. The fraction of sp³-hybridized carbons (Fsp3) is 0.316. The van der Waals surface area contributed by atoms with Crippen LogP contribution in [0.1, 0.15) is 25.0 Å². The van der Waals surface area contributed by atoms with Crippen LogP contribution in [-0.4, -0.2) is 23.9 Å². The van der Waals surface area contributed by atoms with Gasteiger partial charge in [-0.15, -0.1) is 0 Å². The Hall–Kier alpha value is -2.29. The van der Waals surface area contributed by atoms with Gasteiger partial charge in [-0.25, -0.2) is 4.99 Å². The Bertz CT molecular complexity index is 608. The number of aryl methyl sites for hydroxylation is 2. The molecule has 2 rings (SSSR count). The van der Waals surface area contributed by atoms with Crippen molar-refractivity contribution in [1.29, 1.82) is 0 Å². The summed E-state index contributed by atoms with van der Waals surface area (Å²) in [4.78, 5) is 7.01. The molecule has 3 nitrogen and oxygen atoms in total. The molecule has 0 aromatic heterocycles. The first-order chi connectivity index (χ1) is 10.6. The second kappa shape index (κ2) is 7.64. The van der Waals surface area contributed by atoms with Crippen molar-refractivity contribution < 1.29 is 0 Å². The molecule has 1 N–H and O–H groups in total. The molecule has 0 bridgehead atoms. The van der Waals surface area contributed by atoms with E-state index in [1.165, 1.54) is 11.1 Å². The zero-order valence-corrected chi connectivity index (χ0v) is 13.9. The molecule has 2 aromatic carbocycles. The summed E-state index contributed by atoms with van der Waals surface area (Å²) in [6.07, 6.45) is 0. The minimum atomic E-state index is 0.887. The third-order valence-electron chi connectivity index (χ3n) is 3.64. The van der Waals surface area contributed by atoms with Crippen LogP contribution >= 0.6 is 0 Å². The zero-order chi connectivity index (χ0) is 15.9. The molecule has 0 saturated heterocycles. The SMILES string of the molecule is CCN(CC)C(=Nc1ccc(C)cc1)Nc1ccc(C)cc1. The van der Waals surface area contributed by atoms with E-state index >= 15 is 0 Å². The van der Waals surface area contributed by atoms with Gasteiger partial charge in [0, 0.05) is 18.8 Å². The van der Waals surface area contributed by atoms with Gasteiger partial charge < -0.3 is 10.2 Å². The first-order valence-corrected chi connectivity index (χ1v) is 7.86. The summed E-state index contributed by atoms with van der Waals surface area (Å²) in [5.74, 6) is 0.887. The highest BCUT2D eigenvalue weighted by Gasteiger charge is 2.08. The summed E-state index contributed by atoms with van der Waals surface area (Å²) in [5.41, 5.74) is 4.52. The van der Waals surface area contributed by atoms with Gasteiger partial charge >= 0.3 is 0 Å².